The Labute approximate surface area is 98.6 Å². The van der Waals surface area contributed by atoms with Crippen LogP contribution in [0.2, 0.25) is 0 Å². The van der Waals surface area contributed by atoms with Gasteiger partial charge in [0.25, 0.3) is 0 Å². The molecule has 0 aromatic heterocycles. The van der Waals surface area contributed by atoms with Gasteiger partial charge in [-0.15, -0.1) is 0 Å². The van der Waals surface area contributed by atoms with E-state index in [4.69, 9.17) is 5.73 Å². The minimum Gasteiger partial charge on any atom is -0.469 e. The minimum absolute atomic E-state index is 0.0501. The van der Waals surface area contributed by atoms with E-state index < -0.39 is 23.5 Å². The maximum absolute atomic E-state index is 13.6. The van der Waals surface area contributed by atoms with E-state index in [1.807, 2.05) is 0 Å². The number of hydrogen-bond acceptors (Lipinski definition) is 3. The first-order valence-corrected chi connectivity index (χ1v) is 5.22. The van der Waals surface area contributed by atoms with Crippen molar-refractivity contribution < 1.29 is 18.3 Å². The molecule has 1 aromatic rings. The molecule has 0 heterocycles. The Morgan fingerprint density at radius 1 is 1.41 bits per heavy atom. The van der Waals surface area contributed by atoms with Crippen molar-refractivity contribution >= 4 is 5.97 Å². The second kappa shape index (κ2) is 5.72. The van der Waals surface area contributed by atoms with Crippen molar-refractivity contribution in [2.24, 2.45) is 5.73 Å². The molecule has 94 valence electrons. The van der Waals surface area contributed by atoms with E-state index in [0.717, 1.165) is 12.1 Å². The Balaban J connectivity index is 3.03. The van der Waals surface area contributed by atoms with Crippen LogP contribution < -0.4 is 5.73 Å². The minimum atomic E-state index is -0.572. The third-order valence-corrected chi connectivity index (χ3v) is 2.64. The maximum Gasteiger partial charge on any atom is 0.306 e. The third kappa shape index (κ3) is 3.23. The number of esters is 1. The monoisotopic (exact) mass is 243 g/mol. The number of nitrogens with two attached hydrogens (primary N) is 1. The summed E-state index contributed by atoms with van der Waals surface area (Å²) in [6.45, 7) is 1.52. The van der Waals surface area contributed by atoms with Gasteiger partial charge in [0.2, 0.25) is 0 Å². The predicted molar refractivity (Wildman–Crippen MR) is 59.5 cm³/mol. The molecule has 17 heavy (non-hydrogen) atoms. The number of aryl methyl sites for hydroxylation is 1. The molecular weight excluding hydrogens is 228 g/mol. The fourth-order valence-electron chi connectivity index (χ4n) is 1.58. The predicted octanol–water partition coefficient (Wildman–Crippen LogP) is 1.88. The van der Waals surface area contributed by atoms with E-state index in [0.29, 0.717) is 0 Å². The normalized spacial score (nSPS) is 12.3. The Bertz CT molecular complexity index is 421. The second-order valence-corrected chi connectivity index (χ2v) is 3.84. The summed E-state index contributed by atoms with van der Waals surface area (Å²) in [4.78, 5) is 11.1. The van der Waals surface area contributed by atoms with Crippen LogP contribution in [-0.2, 0) is 9.53 Å². The molecule has 1 atom stereocenters. The van der Waals surface area contributed by atoms with Crippen LogP contribution in [0, 0.1) is 18.6 Å². The summed E-state index contributed by atoms with van der Waals surface area (Å²) < 4.78 is 31.5. The molecule has 1 aromatic carbocycles. The smallest absolute Gasteiger partial charge is 0.306 e. The highest BCUT2D eigenvalue weighted by Gasteiger charge is 2.20. The largest absolute Gasteiger partial charge is 0.469 e. The van der Waals surface area contributed by atoms with Gasteiger partial charge in [-0.05, 0) is 36.7 Å². The number of halogens is 2. The lowest BCUT2D eigenvalue weighted by Crippen LogP contribution is -2.18. The van der Waals surface area contributed by atoms with E-state index in [2.05, 4.69) is 4.74 Å². The average molecular weight is 243 g/mol. The van der Waals surface area contributed by atoms with Gasteiger partial charge < -0.3 is 10.5 Å². The van der Waals surface area contributed by atoms with Crippen LogP contribution in [0.4, 0.5) is 8.78 Å². The van der Waals surface area contributed by atoms with Gasteiger partial charge in [-0.3, -0.25) is 4.79 Å². The van der Waals surface area contributed by atoms with Crippen LogP contribution in [-0.4, -0.2) is 19.6 Å². The molecule has 3 nitrogen and oxygen atoms in total. The molecule has 0 fully saturated rings. The Hall–Kier alpha value is -1.49. The Morgan fingerprint density at radius 3 is 2.59 bits per heavy atom. The first kappa shape index (κ1) is 13.6. The van der Waals surface area contributed by atoms with Gasteiger partial charge in [-0.2, -0.15) is 0 Å². The van der Waals surface area contributed by atoms with Gasteiger partial charge in [-0.1, -0.05) is 0 Å². The number of hydrogen-bond donors (Lipinski definition) is 1. The van der Waals surface area contributed by atoms with Crippen LogP contribution in [0.25, 0.3) is 0 Å². The standard InChI is InChI=1S/C12H15F2NO2/c1-7-3-11(14)9(5-10(7)13)8(6-15)4-12(16)17-2/h3,5,8H,4,6,15H2,1-2H3. The first-order chi connectivity index (χ1) is 7.99. The summed E-state index contributed by atoms with van der Waals surface area (Å²) in [5.74, 6) is -2.13. The van der Waals surface area contributed by atoms with E-state index in [-0.39, 0.29) is 24.1 Å². The lowest BCUT2D eigenvalue weighted by Gasteiger charge is -2.15. The van der Waals surface area contributed by atoms with Crippen LogP contribution in [0.3, 0.4) is 0 Å². The zero-order chi connectivity index (χ0) is 13.0. The number of benzene rings is 1. The van der Waals surface area contributed by atoms with Gasteiger partial charge >= 0.3 is 5.97 Å². The molecule has 1 rings (SSSR count). The van der Waals surface area contributed by atoms with Crippen molar-refractivity contribution in [2.45, 2.75) is 19.3 Å². The summed E-state index contributed by atoms with van der Waals surface area (Å²) >= 11 is 0. The van der Waals surface area contributed by atoms with Gasteiger partial charge in [0.15, 0.2) is 0 Å². The lowest BCUT2D eigenvalue weighted by molar-refractivity contribution is -0.141. The molecule has 0 aliphatic heterocycles. The molecule has 5 heteroatoms. The molecule has 2 N–H and O–H groups in total. The first-order valence-electron chi connectivity index (χ1n) is 5.22. The zero-order valence-corrected chi connectivity index (χ0v) is 9.80. The molecule has 0 spiro atoms. The number of rotatable bonds is 4. The summed E-state index contributed by atoms with van der Waals surface area (Å²) in [5.41, 5.74) is 5.80. The Kier molecular flexibility index (Phi) is 4.57. The number of carbonyl (C=O) groups is 1. The summed E-state index contributed by atoms with van der Waals surface area (Å²) in [6.07, 6.45) is -0.0631. The zero-order valence-electron chi connectivity index (χ0n) is 9.80. The lowest BCUT2D eigenvalue weighted by atomic mass is 9.94. The van der Waals surface area contributed by atoms with Gasteiger partial charge in [0.1, 0.15) is 11.6 Å². The molecule has 0 aliphatic carbocycles. The Morgan fingerprint density at radius 2 is 2.06 bits per heavy atom. The van der Waals surface area contributed by atoms with Crippen molar-refractivity contribution in [1.82, 2.24) is 0 Å². The van der Waals surface area contributed by atoms with Crippen molar-refractivity contribution in [1.29, 1.82) is 0 Å². The van der Waals surface area contributed by atoms with E-state index in [1.54, 1.807) is 0 Å². The topological polar surface area (TPSA) is 52.3 Å². The molecule has 0 radical (unpaired) electrons. The number of methoxy groups -OCH3 is 1. The average Bonchev–Trinajstić information content (AvgIpc) is 2.30. The van der Waals surface area contributed by atoms with Crippen LogP contribution in [0.5, 0.6) is 0 Å². The van der Waals surface area contributed by atoms with Gasteiger partial charge in [0, 0.05) is 5.92 Å². The second-order valence-electron chi connectivity index (χ2n) is 3.84. The van der Waals surface area contributed by atoms with Crippen LogP contribution in [0.1, 0.15) is 23.5 Å². The van der Waals surface area contributed by atoms with Crippen molar-refractivity contribution in [3.05, 3.63) is 34.9 Å². The van der Waals surface area contributed by atoms with Crippen LogP contribution >= 0.6 is 0 Å². The van der Waals surface area contributed by atoms with Crippen molar-refractivity contribution in [3.8, 4) is 0 Å². The van der Waals surface area contributed by atoms with Crippen LogP contribution in [0.15, 0.2) is 12.1 Å². The highest BCUT2D eigenvalue weighted by molar-refractivity contribution is 5.70. The molecule has 0 aliphatic rings. The summed E-state index contributed by atoms with van der Waals surface area (Å²) in [7, 11) is 1.24. The number of ether oxygens (including phenoxy) is 1. The molecule has 0 saturated carbocycles. The van der Waals surface area contributed by atoms with Crippen molar-refractivity contribution in [2.75, 3.05) is 13.7 Å². The highest BCUT2D eigenvalue weighted by Crippen LogP contribution is 2.24. The van der Waals surface area contributed by atoms with Gasteiger partial charge in [0.05, 0.1) is 13.5 Å². The molecular formula is C12H15F2NO2. The fourth-order valence-corrected chi connectivity index (χ4v) is 1.58. The van der Waals surface area contributed by atoms with E-state index >= 15 is 0 Å². The molecule has 0 saturated heterocycles. The fraction of sp³-hybridized carbons (Fsp3) is 0.417. The van der Waals surface area contributed by atoms with E-state index in [1.165, 1.54) is 14.0 Å². The molecule has 0 bridgehead atoms. The van der Waals surface area contributed by atoms with E-state index in [9.17, 15) is 13.6 Å². The summed E-state index contributed by atoms with van der Waals surface area (Å²) in [6, 6.07) is 2.19. The molecule has 0 amide bonds. The summed E-state index contributed by atoms with van der Waals surface area (Å²) in [5, 5.41) is 0. The molecule has 1 unspecified atom stereocenters. The number of carbonyl (C=O) groups excluding carboxylic acids is 1. The van der Waals surface area contributed by atoms with Gasteiger partial charge in [-0.25, -0.2) is 8.78 Å². The SMILES string of the molecule is COC(=O)CC(CN)c1cc(F)c(C)cc1F. The maximum atomic E-state index is 13.6. The quantitative estimate of drug-likeness (QED) is 0.821. The highest BCUT2D eigenvalue weighted by atomic mass is 19.1. The third-order valence-electron chi connectivity index (χ3n) is 2.64. The van der Waals surface area contributed by atoms with Crippen molar-refractivity contribution in [3.63, 3.8) is 0 Å².